The molecule has 4 nitrogen and oxygen atoms in total. The van der Waals surface area contributed by atoms with E-state index >= 15 is 0 Å². The Morgan fingerprint density at radius 1 is 1.42 bits per heavy atom. The predicted octanol–water partition coefficient (Wildman–Crippen LogP) is 2.94. The third-order valence-corrected chi connectivity index (χ3v) is 2.99. The second-order valence-corrected chi connectivity index (χ2v) is 5.43. The lowest BCUT2D eigenvalue weighted by Gasteiger charge is -2.24. The SMILES string of the molecule is CC(C)(CO)Nc1cc(C#N)c2cc(Cl)ccc2n1. The van der Waals surface area contributed by atoms with Gasteiger partial charge in [-0.05, 0) is 38.1 Å². The Morgan fingerprint density at radius 2 is 2.16 bits per heavy atom. The molecule has 0 bridgehead atoms. The highest BCUT2D eigenvalue weighted by Gasteiger charge is 2.17. The number of nitriles is 1. The molecular formula is C14H14ClN3O. The number of aliphatic hydroxyl groups excluding tert-OH is 1. The van der Waals surface area contributed by atoms with Crippen LogP contribution in [0.5, 0.6) is 0 Å². The van der Waals surface area contributed by atoms with Gasteiger partial charge in [0.05, 0.1) is 29.3 Å². The van der Waals surface area contributed by atoms with E-state index in [1.165, 1.54) is 0 Å². The third kappa shape index (κ3) is 2.95. The van der Waals surface area contributed by atoms with Gasteiger partial charge in [0, 0.05) is 10.4 Å². The van der Waals surface area contributed by atoms with Gasteiger partial charge in [-0.2, -0.15) is 5.26 Å². The van der Waals surface area contributed by atoms with Gasteiger partial charge in [0.15, 0.2) is 0 Å². The van der Waals surface area contributed by atoms with Crippen LogP contribution in [-0.4, -0.2) is 22.2 Å². The molecule has 0 saturated carbocycles. The van der Waals surface area contributed by atoms with E-state index in [-0.39, 0.29) is 6.61 Å². The number of aromatic nitrogens is 1. The van der Waals surface area contributed by atoms with Crippen molar-refractivity contribution in [2.75, 3.05) is 11.9 Å². The van der Waals surface area contributed by atoms with E-state index in [0.29, 0.717) is 21.9 Å². The van der Waals surface area contributed by atoms with Gasteiger partial charge < -0.3 is 10.4 Å². The summed E-state index contributed by atoms with van der Waals surface area (Å²) >= 11 is 5.93. The van der Waals surface area contributed by atoms with Crippen LogP contribution in [0.1, 0.15) is 19.4 Å². The fraction of sp³-hybridized carbons (Fsp3) is 0.286. The van der Waals surface area contributed by atoms with Crippen LogP contribution in [0.3, 0.4) is 0 Å². The van der Waals surface area contributed by atoms with Crippen molar-refractivity contribution in [2.24, 2.45) is 0 Å². The Morgan fingerprint density at radius 3 is 2.79 bits per heavy atom. The van der Waals surface area contributed by atoms with Crippen molar-refractivity contribution in [3.63, 3.8) is 0 Å². The first-order valence-electron chi connectivity index (χ1n) is 5.84. The number of halogens is 1. The van der Waals surface area contributed by atoms with Crippen LogP contribution in [0.2, 0.25) is 5.02 Å². The average molecular weight is 276 g/mol. The first-order chi connectivity index (χ1) is 8.95. The Bertz CT molecular complexity index is 662. The quantitative estimate of drug-likeness (QED) is 0.904. The molecule has 1 aromatic carbocycles. The molecule has 0 fully saturated rings. The molecule has 0 aliphatic rings. The molecule has 2 rings (SSSR count). The molecule has 0 amide bonds. The van der Waals surface area contributed by atoms with Crippen LogP contribution in [0.25, 0.3) is 10.9 Å². The van der Waals surface area contributed by atoms with E-state index in [0.717, 1.165) is 5.39 Å². The predicted molar refractivity (Wildman–Crippen MR) is 76.3 cm³/mol. The number of rotatable bonds is 3. The molecule has 0 saturated heterocycles. The van der Waals surface area contributed by atoms with Gasteiger partial charge in [-0.15, -0.1) is 0 Å². The van der Waals surface area contributed by atoms with Gasteiger partial charge in [-0.3, -0.25) is 0 Å². The minimum absolute atomic E-state index is 0.0325. The summed E-state index contributed by atoms with van der Waals surface area (Å²) in [5.41, 5.74) is 0.697. The van der Waals surface area contributed by atoms with Crippen LogP contribution in [-0.2, 0) is 0 Å². The number of nitrogens with zero attached hydrogens (tertiary/aromatic N) is 2. The van der Waals surface area contributed by atoms with Crippen molar-refractivity contribution < 1.29 is 5.11 Å². The number of benzene rings is 1. The van der Waals surface area contributed by atoms with Crippen molar-refractivity contribution in [1.29, 1.82) is 5.26 Å². The number of fused-ring (bicyclic) bond motifs is 1. The molecular weight excluding hydrogens is 262 g/mol. The van der Waals surface area contributed by atoms with Crippen LogP contribution in [0, 0.1) is 11.3 Å². The monoisotopic (exact) mass is 275 g/mol. The number of hydrogen-bond donors (Lipinski definition) is 2. The fourth-order valence-electron chi connectivity index (χ4n) is 1.74. The van der Waals surface area contributed by atoms with Crippen LogP contribution in [0.15, 0.2) is 24.3 Å². The summed E-state index contributed by atoms with van der Waals surface area (Å²) in [7, 11) is 0. The maximum absolute atomic E-state index is 9.26. The van der Waals surface area contributed by atoms with Crippen molar-refractivity contribution in [3.05, 3.63) is 34.9 Å². The molecule has 0 aliphatic carbocycles. The number of anilines is 1. The molecule has 1 aromatic heterocycles. The highest BCUT2D eigenvalue weighted by Crippen LogP contribution is 2.25. The molecule has 0 radical (unpaired) electrons. The molecule has 98 valence electrons. The van der Waals surface area contributed by atoms with Gasteiger partial charge in [-0.25, -0.2) is 4.98 Å². The second-order valence-electron chi connectivity index (χ2n) is 5.00. The summed E-state index contributed by atoms with van der Waals surface area (Å²) in [6, 6.07) is 9.04. The molecule has 1 heterocycles. The highest BCUT2D eigenvalue weighted by atomic mass is 35.5. The lowest BCUT2D eigenvalue weighted by atomic mass is 10.1. The normalized spacial score (nSPS) is 11.3. The molecule has 0 unspecified atom stereocenters. The smallest absolute Gasteiger partial charge is 0.128 e. The number of nitrogens with one attached hydrogen (secondary N) is 1. The summed E-state index contributed by atoms with van der Waals surface area (Å²) < 4.78 is 0. The minimum Gasteiger partial charge on any atom is -0.394 e. The van der Waals surface area contributed by atoms with Crippen molar-refractivity contribution in [2.45, 2.75) is 19.4 Å². The van der Waals surface area contributed by atoms with Crippen molar-refractivity contribution in [3.8, 4) is 6.07 Å². The largest absolute Gasteiger partial charge is 0.394 e. The van der Waals surface area contributed by atoms with Crippen LogP contribution in [0.4, 0.5) is 5.82 Å². The Balaban J connectivity index is 2.55. The van der Waals surface area contributed by atoms with E-state index in [1.807, 2.05) is 13.8 Å². The molecule has 2 aromatic rings. The zero-order chi connectivity index (χ0) is 14.0. The van der Waals surface area contributed by atoms with Gasteiger partial charge in [-0.1, -0.05) is 11.6 Å². The van der Waals surface area contributed by atoms with E-state index in [4.69, 9.17) is 11.6 Å². The van der Waals surface area contributed by atoms with Gasteiger partial charge in [0.2, 0.25) is 0 Å². The Hall–Kier alpha value is -1.83. The molecule has 2 N–H and O–H groups in total. The van der Waals surface area contributed by atoms with Gasteiger partial charge >= 0.3 is 0 Å². The lowest BCUT2D eigenvalue weighted by Crippen LogP contribution is -2.35. The second kappa shape index (κ2) is 5.04. The topological polar surface area (TPSA) is 68.9 Å². The summed E-state index contributed by atoms with van der Waals surface area (Å²) in [6.07, 6.45) is 0. The fourth-order valence-corrected chi connectivity index (χ4v) is 1.91. The van der Waals surface area contributed by atoms with E-state index in [1.54, 1.807) is 24.3 Å². The lowest BCUT2D eigenvalue weighted by molar-refractivity contribution is 0.234. The van der Waals surface area contributed by atoms with Crippen molar-refractivity contribution >= 4 is 28.3 Å². The number of hydrogen-bond acceptors (Lipinski definition) is 4. The molecule has 0 spiro atoms. The Labute approximate surface area is 116 Å². The standard InChI is InChI=1S/C14H14ClN3O/c1-14(2,8-19)18-13-5-9(7-16)11-6-10(15)3-4-12(11)17-13/h3-6,19H,8H2,1-2H3,(H,17,18). The maximum Gasteiger partial charge on any atom is 0.128 e. The molecule has 19 heavy (non-hydrogen) atoms. The van der Waals surface area contributed by atoms with Crippen molar-refractivity contribution in [1.82, 2.24) is 4.98 Å². The maximum atomic E-state index is 9.26. The number of aliphatic hydroxyl groups is 1. The Kier molecular flexibility index (Phi) is 3.61. The summed E-state index contributed by atoms with van der Waals surface area (Å²) in [5.74, 6) is 0.561. The highest BCUT2D eigenvalue weighted by molar-refractivity contribution is 6.31. The zero-order valence-electron chi connectivity index (χ0n) is 10.7. The van der Waals surface area contributed by atoms with Gasteiger partial charge in [0.25, 0.3) is 0 Å². The third-order valence-electron chi connectivity index (χ3n) is 2.75. The first kappa shape index (κ1) is 13.6. The minimum atomic E-state index is -0.500. The number of pyridine rings is 1. The zero-order valence-corrected chi connectivity index (χ0v) is 11.5. The molecule has 5 heteroatoms. The van der Waals surface area contributed by atoms with Crippen LogP contribution < -0.4 is 5.32 Å². The summed E-state index contributed by atoms with van der Waals surface area (Å²) in [5, 5.41) is 22.9. The average Bonchev–Trinajstić information content (AvgIpc) is 2.38. The van der Waals surface area contributed by atoms with Gasteiger partial charge in [0.1, 0.15) is 5.82 Å². The molecule has 0 atom stereocenters. The summed E-state index contributed by atoms with van der Waals surface area (Å²) in [4.78, 5) is 4.43. The van der Waals surface area contributed by atoms with E-state index < -0.39 is 5.54 Å². The summed E-state index contributed by atoms with van der Waals surface area (Å²) in [6.45, 7) is 3.68. The van der Waals surface area contributed by atoms with E-state index in [2.05, 4.69) is 16.4 Å². The van der Waals surface area contributed by atoms with E-state index in [9.17, 15) is 10.4 Å². The first-order valence-corrected chi connectivity index (χ1v) is 6.22. The molecule has 0 aliphatic heterocycles. The van der Waals surface area contributed by atoms with Crippen LogP contribution >= 0.6 is 11.6 Å².